The molecule has 0 saturated heterocycles. The molecular formula is C13H12ClFOS. The first kappa shape index (κ1) is 12.6. The maximum Gasteiger partial charge on any atom is 0.129 e. The van der Waals surface area contributed by atoms with Crippen molar-refractivity contribution in [3.8, 4) is 0 Å². The third-order valence-corrected chi connectivity index (χ3v) is 4.19. The van der Waals surface area contributed by atoms with E-state index in [1.807, 2.05) is 6.92 Å². The van der Waals surface area contributed by atoms with Crippen molar-refractivity contribution >= 4 is 22.9 Å². The second kappa shape index (κ2) is 4.77. The van der Waals surface area contributed by atoms with Crippen LogP contribution in [0.2, 0.25) is 4.34 Å². The Hall–Kier alpha value is -0.900. The smallest absolute Gasteiger partial charge is 0.129 e. The minimum atomic E-state index is -1.30. The number of thiophene rings is 1. The number of hydrogen-bond acceptors (Lipinski definition) is 2. The van der Waals surface area contributed by atoms with Gasteiger partial charge < -0.3 is 5.11 Å². The molecule has 1 nitrogen and oxygen atoms in total. The topological polar surface area (TPSA) is 20.2 Å². The van der Waals surface area contributed by atoms with E-state index in [4.69, 9.17) is 11.6 Å². The van der Waals surface area contributed by atoms with Crippen molar-refractivity contribution in [1.82, 2.24) is 0 Å². The lowest BCUT2D eigenvalue weighted by atomic mass is 9.89. The summed E-state index contributed by atoms with van der Waals surface area (Å²) in [4.78, 5) is 0.662. The fourth-order valence-electron chi connectivity index (χ4n) is 1.83. The van der Waals surface area contributed by atoms with Crippen molar-refractivity contribution in [2.24, 2.45) is 0 Å². The zero-order valence-corrected chi connectivity index (χ0v) is 10.9. The van der Waals surface area contributed by atoms with E-state index in [9.17, 15) is 9.50 Å². The van der Waals surface area contributed by atoms with Gasteiger partial charge in [-0.15, -0.1) is 11.3 Å². The van der Waals surface area contributed by atoms with Crippen LogP contribution in [0.5, 0.6) is 0 Å². The molecule has 1 heterocycles. The average Bonchev–Trinajstić information content (AvgIpc) is 2.76. The molecule has 0 fully saturated rings. The van der Waals surface area contributed by atoms with E-state index in [1.165, 1.54) is 17.4 Å². The summed E-state index contributed by atoms with van der Waals surface area (Å²) in [6.45, 7) is 1.82. The summed E-state index contributed by atoms with van der Waals surface area (Å²) in [5.41, 5.74) is -1.01. The van der Waals surface area contributed by atoms with Crippen LogP contribution < -0.4 is 0 Å². The first-order valence-electron chi connectivity index (χ1n) is 5.31. The largest absolute Gasteiger partial charge is 0.379 e. The maximum absolute atomic E-state index is 13.8. The van der Waals surface area contributed by atoms with Crippen LogP contribution in [-0.2, 0) is 5.60 Å². The van der Waals surface area contributed by atoms with Crippen molar-refractivity contribution in [2.75, 3.05) is 0 Å². The second-order valence-electron chi connectivity index (χ2n) is 3.80. The highest BCUT2D eigenvalue weighted by molar-refractivity contribution is 7.16. The number of rotatable bonds is 3. The standard InChI is InChI=1S/C13H12ClFOS/c1-2-13(16,11-7-8-12(14)17-11)9-5-3-4-6-10(9)15/h3-8,16H,2H2,1H3. The number of benzene rings is 1. The van der Waals surface area contributed by atoms with Crippen molar-refractivity contribution < 1.29 is 9.50 Å². The highest BCUT2D eigenvalue weighted by Gasteiger charge is 2.33. The molecule has 2 aromatic rings. The molecule has 0 aliphatic rings. The molecule has 0 bridgehead atoms. The second-order valence-corrected chi connectivity index (χ2v) is 5.51. The van der Waals surface area contributed by atoms with Crippen molar-refractivity contribution in [1.29, 1.82) is 0 Å². The Morgan fingerprint density at radius 1 is 1.29 bits per heavy atom. The summed E-state index contributed by atoms with van der Waals surface area (Å²) in [6.07, 6.45) is 0.394. The molecule has 0 spiro atoms. The van der Waals surface area contributed by atoms with Gasteiger partial charge in [-0.1, -0.05) is 36.7 Å². The number of aliphatic hydroxyl groups is 1. The Morgan fingerprint density at radius 2 is 2.00 bits per heavy atom. The highest BCUT2D eigenvalue weighted by atomic mass is 35.5. The van der Waals surface area contributed by atoms with E-state index in [-0.39, 0.29) is 0 Å². The van der Waals surface area contributed by atoms with E-state index < -0.39 is 11.4 Å². The summed E-state index contributed by atoms with van der Waals surface area (Å²) < 4.78 is 14.4. The van der Waals surface area contributed by atoms with Gasteiger partial charge in [-0.2, -0.15) is 0 Å². The van der Waals surface area contributed by atoms with Crippen LogP contribution >= 0.6 is 22.9 Å². The summed E-state index contributed by atoms with van der Waals surface area (Å²) >= 11 is 7.14. The lowest BCUT2D eigenvalue weighted by molar-refractivity contribution is 0.0764. The molecule has 1 unspecified atom stereocenters. The van der Waals surface area contributed by atoms with Crippen LogP contribution in [0.4, 0.5) is 4.39 Å². The van der Waals surface area contributed by atoms with E-state index >= 15 is 0 Å². The number of halogens is 2. The SMILES string of the molecule is CCC(O)(c1ccc(Cl)s1)c1ccccc1F. The quantitative estimate of drug-likeness (QED) is 0.887. The van der Waals surface area contributed by atoms with E-state index in [2.05, 4.69) is 0 Å². The Balaban J connectivity index is 2.55. The van der Waals surface area contributed by atoms with Crippen LogP contribution in [-0.4, -0.2) is 5.11 Å². The molecule has 0 radical (unpaired) electrons. The van der Waals surface area contributed by atoms with Gasteiger partial charge in [0, 0.05) is 10.4 Å². The Labute approximate surface area is 108 Å². The van der Waals surface area contributed by atoms with Gasteiger partial charge in [0.1, 0.15) is 11.4 Å². The molecule has 17 heavy (non-hydrogen) atoms. The van der Waals surface area contributed by atoms with Gasteiger partial charge in [0.25, 0.3) is 0 Å². The van der Waals surface area contributed by atoms with Gasteiger partial charge in [-0.05, 0) is 24.6 Å². The minimum Gasteiger partial charge on any atom is -0.379 e. The summed E-state index contributed by atoms with van der Waals surface area (Å²) in [6, 6.07) is 9.73. The van der Waals surface area contributed by atoms with E-state index in [0.29, 0.717) is 21.2 Å². The van der Waals surface area contributed by atoms with Gasteiger partial charge >= 0.3 is 0 Å². The molecular weight excluding hydrogens is 259 g/mol. The molecule has 0 aliphatic carbocycles. The molecule has 4 heteroatoms. The predicted molar refractivity (Wildman–Crippen MR) is 69.0 cm³/mol. The monoisotopic (exact) mass is 270 g/mol. The summed E-state index contributed by atoms with van der Waals surface area (Å²) in [5.74, 6) is -0.402. The Kier molecular flexibility index (Phi) is 3.52. The lowest BCUT2D eigenvalue weighted by Gasteiger charge is -2.26. The molecule has 0 saturated carbocycles. The minimum absolute atomic E-state index is 0.293. The molecule has 1 aromatic carbocycles. The van der Waals surface area contributed by atoms with Gasteiger partial charge in [0.15, 0.2) is 0 Å². The summed E-state index contributed by atoms with van der Waals surface area (Å²) in [5, 5.41) is 10.7. The predicted octanol–water partition coefficient (Wildman–Crippen LogP) is 4.19. The van der Waals surface area contributed by atoms with Crippen molar-refractivity contribution in [3.63, 3.8) is 0 Å². The van der Waals surface area contributed by atoms with Gasteiger partial charge in [0.2, 0.25) is 0 Å². The first-order valence-corrected chi connectivity index (χ1v) is 6.50. The lowest BCUT2D eigenvalue weighted by Crippen LogP contribution is -2.26. The highest BCUT2D eigenvalue weighted by Crippen LogP contribution is 2.39. The number of hydrogen-bond donors (Lipinski definition) is 1. The van der Waals surface area contributed by atoms with Crippen molar-refractivity contribution in [2.45, 2.75) is 18.9 Å². The van der Waals surface area contributed by atoms with Gasteiger partial charge in [-0.3, -0.25) is 0 Å². The molecule has 90 valence electrons. The molecule has 1 aromatic heterocycles. The van der Waals surface area contributed by atoms with Crippen LogP contribution in [0.25, 0.3) is 0 Å². The third-order valence-electron chi connectivity index (χ3n) is 2.81. The van der Waals surface area contributed by atoms with Gasteiger partial charge in [0.05, 0.1) is 4.34 Å². The molecule has 1 atom stereocenters. The van der Waals surface area contributed by atoms with Crippen LogP contribution in [0.1, 0.15) is 23.8 Å². The van der Waals surface area contributed by atoms with Crippen molar-refractivity contribution in [3.05, 3.63) is 57.0 Å². The van der Waals surface area contributed by atoms with E-state index in [0.717, 1.165) is 0 Å². The third kappa shape index (κ3) is 2.23. The Bertz CT molecular complexity index is 526. The van der Waals surface area contributed by atoms with Gasteiger partial charge in [-0.25, -0.2) is 4.39 Å². The zero-order chi connectivity index (χ0) is 12.5. The Morgan fingerprint density at radius 3 is 2.53 bits per heavy atom. The molecule has 1 N–H and O–H groups in total. The molecule has 0 amide bonds. The van der Waals surface area contributed by atoms with Crippen LogP contribution in [0.3, 0.4) is 0 Å². The fourth-order valence-corrected chi connectivity index (χ4v) is 3.05. The van der Waals surface area contributed by atoms with E-state index in [1.54, 1.807) is 30.3 Å². The zero-order valence-electron chi connectivity index (χ0n) is 9.28. The normalized spacial score (nSPS) is 14.6. The molecule has 0 aliphatic heterocycles. The average molecular weight is 271 g/mol. The van der Waals surface area contributed by atoms with Crippen LogP contribution in [0.15, 0.2) is 36.4 Å². The maximum atomic E-state index is 13.8. The van der Waals surface area contributed by atoms with Crippen LogP contribution in [0, 0.1) is 5.82 Å². The summed E-state index contributed by atoms with van der Waals surface area (Å²) in [7, 11) is 0. The molecule has 2 rings (SSSR count). The fraction of sp³-hybridized carbons (Fsp3) is 0.231. The first-order chi connectivity index (χ1) is 8.08.